The van der Waals surface area contributed by atoms with E-state index in [-0.39, 0.29) is 6.04 Å². The molecule has 0 aromatic carbocycles. The van der Waals surface area contributed by atoms with Crippen molar-refractivity contribution in [3.8, 4) is 0 Å². The number of hydrogen-bond acceptors (Lipinski definition) is 2. The van der Waals surface area contributed by atoms with Gasteiger partial charge in [-0.1, -0.05) is 25.7 Å². The van der Waals surface area contributed by atoms with Crippen molar-refractivity contribution >= 4 is 0 Å². The van der Waals surface area contributed by atoms with Crippen LogP contribution in [0, 0.1) is 0 Å². The highest BCUT2D eigenvalue weighted by atomic mass is 15.1. The Hall–Kier alpha value is -1.54. The average molecular weight is 244 g/mol. The average Bonchev–Trinajstić information content (AvgIpc) is 2.56. The molecule has 0 aromatic heterocycles. The third-order valence-corrected chi connectivity index (χ3v) is 3.18. The molecule has 0 aromatic rings. The van der Waals surface area contributed by atoms with Crippen LogP contribution in [0.3, 0.4) is 0 Å². The third-order valence-electron chi connectivity index (χ3n) is 3.18. The Balaban J connectivity index is 3.11. The zero-order chi connectivity index (χ0) is 13.9. The number of rotatable bonds is 5. The topological polar surface area (TPSA) is 29.3 Å². The van der Waals surface area contributed by atoms with Crippen LogP contribution in [-0.4, -0.2) is 10.9 Å². The Labute approximate surface area is 111 Å². The second kappa shape index (κ2) is 5.87. The lowest BCUT2D eigenvalue weighted by Gasteiger charge is -2.22. The summed E-state index contributed by atoms with van der Waals surface area (Å²) in [5, 5.41) is 0. The summed E-state index contributed by atoms with van der Waals surface area (Å²) in [5.41, 5.74) is 11.8. The summed E-state index contributed by atoms with van der Waals surface area (Å²) in [6.45, 7) is 16.1. The molecular formula is C16H24N2. The van der Waals surface area contributed by atoms with E-state index in [9.17, 15) is 0 Å². The second-order valence-electron chi connectivity index (χ2n) is 4.89. The van der Waals surface area contributed by atoms with Crippen LogP contribution >= 0.6 is 0 Å². The van der Waals surface area contributed by atoms with Crippen molar-refractivity contribution in [1.29, 1.82) is 0 Å². The smallest absolute Gasteiger partial charge is 0.0494 e. The van der Waals surface area contributed by atoms with Gasteiger partial charge in [-0.25, -0.2) is 0 Å². The zero-order valence-corrected chi connectivity index (χ0v) is 12.0. The standard InChI is InChI=1S/C16H24N2/c1-7-14-10-15(13(6)16(14)17)18(12(4)5)9-8-11(2)3/h8-10,16H,2,4,7,17H2,1,3,5-6H3/b9-8-. The Morgan fingerprint density at radius 2 is 2.06 bits per heavy atom. The summed E-state index contributed by atoms with van der Waals surface area (Å²) in [7, 11) is 0. The predicted molar refractivity (Wildman–Crippen MR) is 79.7 cm³/mol. The number of hydrogen-bond donors (Lipinski definition) is 1. The van der Waals surface area contributed by atoms with Gasteiger partial charge in [0.05, 0.1) is 0 Å². The van der Waals surface area contributed by atoms with E-state index in [1.807, 2.05) is 26.1 Å². The molecule has 0 saturated heterocycles. The van der Waals surface area contributed by atoms with Crippen LogP contribution in [0.5, 0.6) is 0 Å². The van der Waals surface area contributed by atoms with Gasteiger partial charge in [0.25, 0.3) is 0 Å². The highest BCUT2D eigenvalue weighted by Gasteiger charge is 2.23. The SMILES string of the molecule is C=C(C)/C=C\N(C(=C)C)C1=C(C)C(N)C(CC)=C1. The Morgan fingerprint density at radius 3 is 2.44 bits per heavy atom. The van der Waals surface area contributed by atoms with Gasteiger partial charge in [0.15, 0.2) is 0 Å². The molecule has 0 amide bonds. The van der Waals surface area contributed by atoms with Crippen LogP contribution in [0.15, 0.2) is 59.6 Å². The second-order valence-corrected chi connectivity index (χ2v) is 4.89. The van der Waals surface area contributed by atoms with Crippen LogP contribution in [-0.2, 0) is 0 Å². The molecule has 1 unspecified atom stereocenters. The molecule has 2 nitrogen and oxygen atoms in total. The van der Waals surface area contributed by atoms with Gasteiger partial charge in [-0.05, 0) is 50.5 Å². The van der Waals surface area contributed by atoms with Gasteiger partial charge in [-0.3, -0.25) is 0 Å². The summed E-state index contributed by atoms with van der Waals surface area (Å²) < 4.78 is 0. The molecule has 1 rings (SSSR count). The Morgan fingerprint density at radius 1 is 1.44 bits per heavy atom. The fourth-order valence-corrected chi connectivity index (χ4v) is 2.01. The molecule has 0 radical (unpaired) electrons. The van der Waals surface area contributed by atoms with E-state index in [1.165, 1.54) is 11.1 Å². The lowest BCUT2D eigenvalue weighted by molar-refractivity contribution is 0.589. The summed E-state index contributed by atoms with van der Waals surface area (Å²) in [6.07, 6.45) is 7.15. The quantitative estimate of drug-likeness (QED) is 0.744. The molecule has 2 heteroatoms. The van der Waals surface area contributed by atoms with Crippen LogP contribution in [0.4, 0.5) is 0 Å². The summed E-state index contributed by atoms with van der Waals surface area (Å²) in [5.74, 6) is 0. The molecule has 1 atom stereocenters. The normalized spacial score (nSPS) is 19.4. The third kappa shape index (κ3) is 3.02. The van der Waals surface area contributed by atoms with Crippen LogP contribution in [0.2, 0.25) is 0 Å². The van der Waals surface area contributed by atoms with E-state index in [4.69, 9.17) is 5.73 Å². The van der Waals surface area contributed by atoms with Crippen molar-refractivity contribution in [1.82, 2.24) is 4.90 Å². The fraction of sp³-hybridized carbons (Fsp3) is 0.375. The van der Waals surface area contributed by atoms with Crippen molar-refractivity contribution < 1.29 is 0 Å². The molecule has 1 aliphatic rings. The molecule has 0 fully saturated rings. The van der Waals surface area contributed by atoms with E-state index in [1.54, 1.807) is 0 Å². The fourth-order valence-electron chi connectivity index (χ4n) is 2.01. The van der Waals surface area contributed by atoms with Crippen molar-refractivity contribution in [3.63, 3.8) is 0 Å². The Bertz CT molecular complexity index is 450. The van der Waals surface area contributed by atoms with Crippen molar-refractivity contribution in [2.45, 2.75) is 40.2 Å². The maximum Gasteiger partial charge on any atom is 0.0494 e. The van der Waals surface area contributed by atoms with Gasteiger partial charge < -0.3 is 10.6 Å². The van der Waals surface area contributed by atoms with Crippen molar-refractivity contribution in [2.75, 3.05) is 0 Å². The van der Waals surface area contributed by atoms with Crippen molar-refractivity contribution in [3.05, 3.63) is 59.6 Å². The zero-order valence-electron chi connectivity index (χ0n) is 12.0. The first kappa shape index (κ1) is 14.5. The van der Waals surface area contributed by atoms with E-state index < -0.39 is 0 Å². The van der Waals surface area contributed by atoms with Gasteiger partial charge in [0.2, 0.25) is 0 Å². The number of allylic oxidation sites excluding steroid dienone is 4. The summed E-state index contributed by atoms with van der Waals surface area (Å²) in [6, 6.07) is 0.0464. The van der Waals surface area contributed by atoms with E-state index in [0.29, 0.717) is 0 Å². The molecule has 1 aliphatic carbocycles. The first-order valence-corrected chi connectivity index (χ1v) is 6.33. The molecule has 0 heterocycles. The predicted octanol–water partition coefficient (Wildman–Crippen LogP) is 3.86. The molecule has 0 aliphatic heterocycles. The minimum absolute atomic E-state index is 0.0464. The maximum atomic E-state index is 6.19. The molecule has 2 N–H and O–H groups in total. The van der Waals surface area contributed by atoms with Crippen LogP contribution in [0.1, 0.15) is 34.1 Å². The molecule has 98 valence electrons. The summed E-state index contributed by atoms with van der Waals surface area (Å²) >= 11 is 0. The highest BCUT2D eigenvalue weighted by Crippen LogP contribution is 2.30. The van der Waals surface area contributed by atoms with Gasteiger partial charge in [0.1, 0.15) is 0 Å². The number of nitrogens with zero attached hydrogens (tertiary/aromatic N) is 1. The highest BCUT2D eigenvalue weighted by molar-refractivity contribution is 5.45. The molecular weight excluding hydrogens is 220 g/mol. The molecule has 0 spiro atoms. The lowest BCUT2D eigenvalue weighted by Crippen LogP contribution is -2.22. The van der Waals surface area contributed by atoms with Gasteiger partial charge in [0, 0.05) is 23.6 Å². The minimum Gasteiger partial charge on any atom is -0.322 e. The van der Waals surface area contributed by atoms with E-state index in [2.05, 4.69) is 38.0 Å². The monoisotopic (exact) mass is 244 g/mol. The Kier molecular flexibility index (Phi) is 4.74. The maximum absolute atomic E-state index is 6.19. The van der Waals surface area contributed by atoms with Crippen LogP contribution in [0.25, 0.3) is 0 Å². The first-order valence-electron chi connectivity index (χ1n) is 6.33. The molecule has 18 heavy (non-hydrogen) atoms. The summed E-state index contributed by atoms with van der Waals surface area (Å²) in [4.78, 5) is 2.08. The van der Waals surface area contributed by atoms with Gasteiger partial charge >= 0.3 is 0 Å². The van der Waals surface area contributed by atoms with Gasteiger partial charge in [-0.2, -0.15) is 0 Å². The number of nitrogens with two attached hydrogens (primary N) is 1. The first-order chi connectivity index (χ1) is 8.38. The largest absolute Gasteiger partial charge is 0.322 e. The van der Waals surface area contributed by atoms with Crippen molar-refractivity contribution in [2.24, 2.45) is 5.73 Å². The van der Waals surface area contributed by atoms with Crippen LogP contribution < -0.4 is 5.73 Å². The minimum atomic E-state index is 0.0464. The molecule has 0 bridgehead atoms. The lowest BCUT2D eigenvalue weighted by atomic mass is 10.1. The van der Waals surface area contributed by atoms with E-state index in [0.717, 1.165) is 23.4 Å². The van der Waals surface area contributed by atoms with Gasteiger partial charge in [-0.15, -0.1) is 0 Å². The van der Waals surface area contributed by atoms with E-state index >= 15 is 0 Å². The molecule has 0 saturated carbocycles.